The molecule has 2 rings (SSSR count). The molecule has 0 bridgehead atoms. The Hall–Kier alpha value is -1.06. The first-order chi connectivity index (χ1) is 10.2. The predicted octanol–water partition coefficient (Wildman–Crippen LogP) is 3.61. The molecule has 1 fully saturated rings. The first-order valence-electron chi connectivity index (χ1n) is 7.93. The summed E-state index contributed by atoms with van der Waals surface area (Å²) in [6.45, 7) is 5.17. The predicted molar refractivity (Wildman–Crippen MR) is 87.4 cm³/mol. The molecule has 3 nitrogen and oxygen atoms in total. The molecule has 0 radical (unpaired) electrons. The van der Waals surface area contributed by atoms with Gasteiger partial charge in [0.2, 0.25) is 5.91 Å². The standard InChI is InChI=1S/C17H25ClN2O/c1-2-3-4-17(21)19-16-9-11-20(12-10-16)13-14-5-7-15(18)8-6-14/h5-8,16H,2-4,9-13H2,1H3,(H,19,21). The van der Waals surface area contributed by atoms with E-state index >= 15 is 0 Å². The van der Waals surface area contributed by atoms with Crippen LogP contribution in [0.4, 0.5) is 0 Å². The second-order valence-corrected chi connectivity index (χ2v) is 6.28. The topological polar surface area (TPSA) is 32.3 Å². The van der Waals surface area contributed by atoms with E-state index in [9.17, 15) is 4.79 Å². The first-order valence-corrected chi connectivity index (χ1v) is 8.31. The highest BCUT2D eigenvalue weighted by atomic mass is 35.5. The summed E-state index contributed by atoms with van der Waals surface area (Å²) in [5.74, 6) is 0.216. The van der Waals surface area contributed by atoms with Gasteiger partial charge in [0.05, 0.1) is 0 Å². The second kappa shape index (κ2) is 8.40. The maximum atomic E-state index is 11.7. The third kappa shape index (κ3) is 5.68. The van der Waals surface area contributed by atoms with E-state index in [4.69, 9.17) is 11.6 Å². The molecule has 4 heteroatoms. The number of benzene rings is 1. The molecule has 1 aromatic rings. The summed E-state index contributed by atoms with van der Waals surface area (Å²) in [6, 6.07) is 8.41. The summed E-state index contributed by atoms with van der Waals surface area (Å²) in [5, 5.41) is 3.95. The SMILES string of the molecule is CCCCC(=O)NC1CCN(Cc2ccc(Cl)cc2)CC1. The Balaban J connectivity index is 1.70. The lowest BCUT2D eigenvalue weighted by Gasteiger charge is -2.32. The zero-order chi connectivity index (χ0) is 15.1. The van der Waals surface area contributed by atoms with Crippen LogP contribution < -0.4 is 5.32 Å². The van der Waals surface area contributed by atoms with Crippen molar-refractivity contribution in [3.8, 4) is 0 Å². The molecule has 0 unspecified atom stereocenters. The van der Waals surface area contributed by atoms with E-state index in [1.54, 1.807) is 0 Å². The van der Waals surface area contributed by atoms with Gasteiger partial charge in [-0.1, -0.05) is 37.1 Å². The van der Waals surface area contributed by atoms with E-state index in [1.165, 1.54) is 5.56 Å². The minimum atomic E-state index is 0.216. The van der Waals surface area contributed by atoms with Gasteiger partial charge in [0.15, 0.2) is 0 Å². The van der Waals surface area contributed by atoms with Crippen LogP contribution in [-0.2, 0) is 11.3 Å². The molecular formula is C17H25ClN2O. The van der Waals surface area contributed by atoms with Gasteiger partial charge in [-0.2, -0.15) is 0 Å². The van der Waals surface area contributed by atoms with Gasteiger partial charge < -0.3 is 5.32 Å². The van der Waals surface area contributed by atoms with Gasteiger partial charge in [0.25, 0.3) is 0 Å². The van der Waals surface area contributed by atoms with Gasteiger partial charge in [-0.25, -0.2) is 0 Å². The number of carbonyl (C=O) groups is 1. The Morgan fingerprint density at radius 2 is 1.95 bits per heavy atom. The lowest BCUT2D eigenvalue weighted by molar-refractivity contribution is -0.122. The van der Waals surface area contributed by atoms with Gasteiger partial charge in [-0.3, -0.25) is 9.69 Å². The number of halogens is 1. The number of nitrogens with zero attached hydrogens (tertiary/aromatic N) is 1. The average molecular weight is 309 g/mol. The van der Waals surface area contributed by atoms with Crippen molar-refractivity contribution in [2.45, 2.75) is 51.6 Å². The number of hydrogen-bond acceptors (Lipinski definition) is 2. The fourth-order valence-corrected chi connectivity index (χ4v) is 2.85. The van der Waals surface area contributed by atoms with Crippen molar-refractivity contribution >= 4 is 17.5 Å². The van der Waals surface area contributed by atoms with Crippen LogP contribution in [0.25, 0.3) is 0 Å². The van der Waals surface area contributed by atoms with Crippen molar-refractivity contribution in [2.24, 2.45) is 0 Å². The second-order valence-electron chi connectivity index (χ2n) is 5.85. The number of nitrogens with one attached hydrogen (secondary N) is 1. The maximum Gasteiger partial charge on any atom is 0.220 e. The minimum absolute atomic E-state index is 0.216. The summed E-state index contributed by atoms with van der Waals surface area (Å²) >= 11 is 5.90. The van der Waals surface area contributed by atoms with Crippen LogP contribution >= 0.6 is 11.6 Å². The normalized spacial score (nSPS) is 16.9. The van der Waals surface area contributed by atoms with Crippen molar-refractivity contribution in [1.82, 2.24) is 10.2 Å². The fourth-order valence-electron chi connectivity index (χ4n) is 2.72. The van der Waals surface area contributed by atoms with Crippen LogP contribution in [0, 0.1) is 0 Å². The van der Waals surface area contributed by atoms with E-state index in [-0.39, 0.29) is 5.91 Å². The molecule has 1 heterocycles. The highest BCUT2D eigenvalue weighted by Crippen LogP contribution is 2.16. The Labute approximate surface area is 132 Å². The maximum absolute atomic E-state index is 11.7. The molecule has 21 heavy (non-hydrogen) atoms. The van der Waals surface area contributed by atoms with E-state index in [0.29, 0.717) is 12.5 Å². The third-order valence-corrected chi connectivity index (χ3v) is 4.28. The molecule has 0 aromatic heterocycles. The van der Waals surface area contributed by atoms with Crippen molar-refractivity contribution in [2.75, 3.05) is 13.1 Å². The Morgan fingerprint density at radius 3 is 2.57 bits per heavy atom. The number of piperidine rings is 1. The summed E-state index contributed by atoms with van der Waals surface area (Å²) in [4.78, 5) is 14.2. The number of likely N-dealkylation sites (tertiary alicyclic amines) is 1. The first kappa shape index (κ1) is 16.3. The lowest BCUT2D eigenvalue weighted by atomic mass is 10.0. The molecule has 1 aromatic carbocycles. The van der Waals surface area contributed by atoms with Crippen LogP contribution in [0.3, 0.4) is 0 Å². The zero-order valence-corrected chi connectivity index (χ0v) is 13.5. The molecule has 0 atom stereocenters. The Kier molecular flexibility index (Phi) is 6.52. The molecule has 1 saturated heterocycles. The van der Waals surface area contributed by atoms with Gasteiger partial charge >= 0.3 is 0 Å². The van der Waals surface area contributed by atoms with Crippen molar-refractivity contribution in [3.63, 3.8) is 0 Å². The van der Waals surface area contributed by atoms with Crippen molar-refractivity contribution in [3.05, 3.63) is 34.9 Å². The van der Waals surface area contributed by atoms with Crippen molar-refractivity contribution in [1.29, 1.82) is 0 Å². The van der Waals surface area contributed by atoms with Crippen LogP contribution in [0.2, 0.25) is 5.02 Å². The zero-order valence-electron chi connectivity index (χ0n) is 12.8. The summed E-state index contributed by atoms with van der Waals surface area (Å²) in [5.41, 5.74) is 1.30. The smallest absolute Gasteiger partial charge is 0.220 e. The molecule has 1 N–H and O–H groups in total. The van der Waals surface area contributed by atoms with E-state index in [1.807, 2.05) is 12.1 Å². The van der Waals surface area contributed by atoms with Crippen LogP contribution in [0.5, 0.6) is 0 Å². The highest BCUT2D eigenvalue weighted by Gasteiger charge is 2.20. The highest BCUT2D eigenvalue weighted by molar-refractivity contribution is 6.30. The molecule has 0 saturated carbocycles. The molecular weight excluding hydrogens is 284 g/mol. The monoisotopic (exact) mass is 308 g/mol. The molecule has 116 valence electrons. The van der Waals surface area contributed by atoms with Crippen molar-refractivity contribution < 1.29 is 4.79 Å². The summed E-state index contributed by atoms with van der Waals surface area (Å²) < 4.78 is 0. The number of hydrogen-bond donors (Lipinski definition) is 1. The summed E-state index contributed by atoms with van der Waals surface area (Å²) in [6.07, 6.45) is 4.83. The van der Waals surface area contributed by atoms with Gasteiger partial charge in [-0.15, -0.1) is 0 Å². The lowest BCUT2D eigenvalue weighted by Crippen LogP contribution is -2.44. The Bertz CT molecular complexity index is 439. The van der Waals surface area contributed by atoms with E-state index < -0.39 is 0 Å². The molecule has 1 aliphatic rings. The number of unbranched alkanes of at least 4 members (excludes halogenated alkanes) is 1. The van der Waals surface area contributed by atoms with Gasteiger partial charge in [0, 0.05) is 37.1 Å². The Morgan fingerprint density at radius 1 is 1.29 bits per heavy atom. The van der Waals surface area contributed by atoms with E-state index in [0.717, 1.165) is 50.3 Å². The van der Waals surface area contributed by atoms with Gasteiger partial charge in [-0.05, 0) is 37.0 Å². The number of rotatable bonds is 6. The van der Waals surface area contributed by atoms with Crippen LogP contribution in [-0.4, -0.2) is 29.9 Å². The van der Waals surface area contributed by atoms with E-state index in [2.05, 4.69) is 29.3 Å². The molecule has 1 amide bonds. The molecule has 0 aliphatic carbocycles. The molecule has 1 aliphatic heterocycles. The third-order valence-electron chi connectivity index (χ3n) is 4.03. The number of carbonyl (C=O) groups excluding carboxylic acids is 1. The largest absolute Gasteiger partial charge is 0.353 e. The van der Waals surface area contributed by atoms with Crippen LogP contribution in [0.1, 0.15) is 44.6 Å². The summed E-state index contributed by atoms with van der Waals surface area (Å²) in [7, 11) is 0. The average Bonchev–Trinajstić information content (AvgIpc) is 2.49. The van der Waals surface area contributed by atoms with Crippen LogP contribution in [0.15, 0.2) is 24.3 Å². The van der Waals surface area contributed by atoms with Gasteiger partial charge in [0.1, 0.15) is 0 Å². The minimum Gasteiger partial charge on any atom is -0.353 e. The molecule has 0 spiro atoms. The number of amides is 1. The fraction of sp³-hybridized carbons (Fsp3) is 0.588. The quantitative estimate of drug-likeness (QED) is 0.870.